The summed E-state index contributed by atoms with van der Waals surface area (Å²) in [6.45, 7) is 6.04. The summed E-state index contributed by atoms with van der Waals surface area (Å²) in [5.41, 5.74) is 10.1. The van der Waals surface area contributed by atoms with Crippen molar-refractivity contribution in [3.8, 4) is 0 Å². The number of esters is 1. The number of fused-ring (bicyclic) bond motifs is 1. The van der Waals surface area contributed by atoms with Crippen LogP contribution in [0.3, 0.4) is 0 Å². The van der Waals surface area contributed by atoms with Crippen LogP contribution in [0.4, 0.5) is 11.4 Å². The zero-order valence-electron chi connectivity index (χ0n) is 21.1. The van der Waals surface area contributed by atoms with Crippen LogP contribution in [-0.4, -0.2) is 30.9 Å². The molecule has 1 heterocycles. The van der Waals surface area contributed by atoms with E-state index in [9.17, 15) is 14.4 Å². The van der Waals surface area contributed by atoms with E-state index in [1.807, 2.05) is 68.4 Å². The molecule has 0 aliphatic carbocycles. The molecule has 0 saturated carbocycles. The summed E-state index contributed by atoms with van der Waals surface area (Å²) in [6, 6.07) is 22.4. The number of rotatable bonds is 9. The van der Waals surface area contributed by atoms with Gasteiger partial charge in [0.1, 0.15) is 0 Å². The molecule has 2 amide bonds. The zero-order valence-corrected chi connectivity index (χ0v) is 21.1. The van der Waals surface area contributed by atoms with Crippen LogP contribution in [0.15, 0.2) is 72.8 Å². The van der Waals surface area contributed by atoms with Gasteiger partial charge in [0, 0.05) is 16.8 Å². The summed E-state index contributed by atoms with van der Waals surface area (Å²) in [6.07, 6.45) is 0. The number of hydrogen-bond acceptors (Lipinski definition) is 6. The van der Waals surface area contributed by atoms with Crippen LogP contribution in [0.5, 0.6) is 0 Å². The number of amides is 2. The number of anilines is 2. The number of carbonyl (C=O) groups is 3. The van der Waals surface area contributed by atoms with E-state index in [4.69, 9.17) is 10.5 Å². The molecule has 1 aliphatic rings. The summed E-state index contributed by atoms with van der Waals surface area (Å²) in [4.78, 5) is 36.6. The van der Waals surface area contributed by atoms with Crippen molar-refractivity contribution in [3.63, 3.8) is 0 Å². The van der Waals surface area contributed by atoms with Crippen molar-refractivity contribution in [2.24, 2.45) is 5.73 Å². The van der Waals surface area contributed by atoms with Gasteiger partial charge < -0.3 is 21.1 Å². The average Bonchev–Trinajstić information content (AvgIpc) is 3.21. The normalized spacial score (nSPS) is 14.0. The molecule has 8 nitrogen and oxygen atoms in total. The highest BCUT2D eigenvalue weighted by Crippen LogP contribution is 2.38. The van der Waals surface area contributed by atoms with Crippen molar-refractivity contribution in [3.05, 3.63) is 95.1 Å². The predicted molar refractivity (Wildman–Crippen MR) is 145 cm³/mol. The maximum atomic E-state index is 13.2. The molecule has 0 radical (unpaired) electrons. The van der Waals surface area contributed by atoms with Gasteiger partial charge in [0.2, 0.25) is 5.91 Å². The number of primary amides is 1. The number of nitrogens with two attached hydrogens (primary N) is 1. The third-order valence-electron chi connectivity index (χ3n) is 6.17. The van der Waals surface area contributed by atoms with Crippen LogP contribution in [-0.2, 0) is 19.9 Å². The second-order valence-corrected chi connectivity index (χ2v) is 9.20. The fraction of sp³-hybridized carbons (Fsp3) is 0.207. The molecule has 0 saturated heterocycles. The Bertz CT molecular complexity index is 1360. The van der Waals surface area contributed by atoms with Crippen LogP contribution in [0.2, 0.25) is 0 Å². The van der Waals surface area contributed by atoms with Crippen LogP contribution in [0.1, 0.15) is 47.8 Å². The van der Waals surface area contributed by atoms with Gasteiger partial charge in [-0.3, -0.25) is 14.9 Å². The number of carbonyl (C=O) groups excluding carboxylic acids is 3. The Morgan fingerprint density at radius 1 is 0.973 bits per heavy atom. The number of hydrogen-bond donors (Lipinski definition) is 4. The monoisotopic (exact) mass is 498 g/mol. The van der Waals surface area contributed by atoms with E-state index < -0.39 is 17.4 Å². The molecule has 37 heavy (non-hydrogen) atoms. The molecule has 0 bridgehead atoms. The first-order chi connectivity index (χ1) is 17.7. The fourth-order valence-electron chi connectivity index (χ4n) is 4.17. The largest absolute Gasteiger partial charge is 0.462 e. The highest BCUT2D eigenvalue weighted by molar-refractivity contribution is 6.37. The Balaban J connectivity index is 1.71. The Morgan fingerprint density at radius 3 is 2.32 bits per heavy atom. The van der Waals surface area contributed by atoms with Gasteiger partial charge in [-0.25, -0.2) is 4.79 Å². The van der Waals surface area contributed by atoms with E-state index in [-0.39, 0.29) is 19.1 Å². The van der Waals surface area contributed by atoms with Gasteiger partial charge in [0.25, 0.3) is 5.91 Å². The van der Waals surface area contributed by atoms with Gasteiger partial charge >= 0.3 is 5.97 Å². The Hall–Kier alpha value is -4.43. The molecule has 4 rings (SSSR count). The van der Waals surface area contributed by atoms with Crippen molar-refractivity contribution in [1.82, 2.24) is 5.32 Å². The summed E-state index contributed by atoms with van der Waals surface area (Å²) in [7, 11) is 0. The highest BCUT2D eigenvalue weighted by atomic mass is 16.5. The minimum atomic E-state index is -0.463. The van der Waals surface area contributed by atoms with Gasteiger partial charge in [-0.1, -0.05) is 48.5 Å². The van der Waals surface area contributed by atoms with E-state index in [2.05, 4.69) is 16.0 Å². The standard InChI is InChI=1S/C29H30N4O4/c1-4-37-28(36)19-10-15-22-23(16-19)33-27(35)25(22)26(18-8-6-5-7-9-18)32-21-13-11-20(12-14-21)29(2,3)31-17-24(30)34/h5-16,31-32H,4,17H2,1-3H3,(H2,30,34)(H,33,35)/b26-25-. The van der Waals surface area contributed by atoms with Crippen molar-refractivity contribution in [2.75, 3.05) is 23.8 Å². The Morgan fingerprint density at radius 2 is 1.68 bits per heavy atom. The molecule has 8 heteroatoms. The lowest BCUT2D eigenvalue weighted by atomic mass is 9.94. The molecule has 3 aromatic carbocycles. The van der Waals surface area contributed by atoms with Gasteiger partial charge in [-0.2, -0.15) is 0 Å². The van der Waals surface area contributed by atoms with Crippen molar-refractivity contribution in [1.29, 1.82) is 0 Å². The maximum absolute atomic E-state index is 13.2. The van der Waals surface area contributed by atoms with Crippen molar-refractivity contribution >= 4 is 40.4 Å². The molecule has 0 unspecified atom stereocenters. The number of benzene rings is 3. The molecular formula is C29H30N4O4. The van der Waals surface area contributed by atoms with Crippen LogP contribution >= 0.6 is 0 Å². The van der Waals surface area contributed by atoms with E-state index in [0.717, 1.165) is 16.8 Å². The van der Waals surface area contributed by atoms with Crippen LogP contribution in [0, 0.1) is 0 Å². The number of nitrogens with one attached hydrogen (secondary N) is 3. The second-order valence-electron chi connectivity index (χ2n) is 9.20. The smallest absolute Gasteiger partial charge is 0.338 e. The average molecular weight is 499 g/mol. The first kappa shape index (κ1) is 25.7. The third kappa shape index (κ3) is 5.70. The molecule has 5 N–H and O–H groups in total. The van der Waals surface area contributed by atoms with E-state index in [1.54, 1.807) is 25.1 Å². The van der Waals surface area contributed by atoms with Crippen molar-refractivity contribution < 1.29 is 19.1 Å². The SMILES string of the molecule is CCOC(=O)c1ccc2c(c1)NC(=O)/C2=C(\Nc1ccc(C(C)(C)NCC(N)=O)cc1)c1ccccc1. The van der Waals surface area contributed by atoms with Gasteiger partial charge in [0.05, 0.1) is 35.7 Å². The van der Waals surface area contributed by atoms with Crippen molar-refractivity contribution in [2.45, 2.75) is 26.3 Å². The Kier molecular flexibility index (Phi) is 7.40. The molecule has 3 aromatic rings. The van der Waals surface area contributed by atoms with Gasteiger partial charge in [-0.15, -0.1) is 0 Å². The quantitative estimate of drug-likeness (QED) is 0.260. The van der Waals surface area contributed by atoms with Gasteiger partial charge in [-0.05, 0) is 56.2 Å². The number of ether oxygens (including phenoxy) is 1. The fourth-order valence-corrected chi connectivity index (χ4v) is 4.17. The molecular weight excluding hydrogens is 468 g/mol. The summed E-state index contributed by atoms with van der Waals surface area (Å²) in [5, 5.41) is 9.46. The summed E-state index contributed by atoms with van der Waals surface area (Å²) >= 11 is 0. The highest BCUT2D eigenvalue weighted by Gasteiger charge is 2.29. The molecule has 1 aliphatic heterocycles. The minimum Gasteiger partial charge on any atom is -0.462 e. The van der Waals surface area contributed by atoms with Crippen LogP contribution < -0.4 is 21.7 Å². The van der Waals surface area contributed by atoms with Crippen LogP contribution in [0.25, 0.3) is 11.3 Å². The third-order valence-corrected chi connectivity index (χ3v) is 6.17. The Labute approximate surface area is 215 Å². The maximum Gasteiger partial charge on any atom is 0.338 e. The van der Waals surface area contributed by atoms with Gasteiger partial charge in [0.15, 0.2) is 0 Å². The second kappa shape index (κ2) is 10.7. The molecule has 190 valence electrons. The first-order valence-corrected chi connectivity index (χ1v) is 12.0. The lowest BCUT2D eigenvalue weighted by Gasteiger charge is -2.26. The predicted octanol–water partition coefficient (Wildman–Crippen LogP) is 4.11. The lowest BCUT2D eigenvalue weighted by Crippen LogP contribution is -2.41. The molecule has 0 atom stereocenters. The topological polar surface area (TPSA) is 123 Å². The summed E-state index contributed by atoms with van der Waals surface area (Å²) < 4.78 is 5.09. The zero-order chi connectivity index (χ0) is 26.6. The minimum absolute atomic E-state index is 0.0731. The molecule has 0 fully saturated rings. The first-order valence-electron chi connectivity index (χ1n) is 12.0. The van der Waals surface area contributed by atoms with E-state index in [0.29, 0.717) is 28.1 Å². The van der Waals surface area contributed by atoms with E-state index >= 15 is 0 Å². The van der Waals surface area contributed by atoms with E-state index in [1.165, 1.54) is 0 Å². The summed E-state index contributed by atoms with van der Waals surface area (Å²) in [5.74, 6) is -1.13. The molecule has 0 aromatic heterocycles. The molecule has 0 spiro atoms. The lowest BCUT2D eigenvalue weighted by molar-refractivity contribution is -0.117.